The van der Waals surface area contributed by atoms with Gasteiger partial charge in [-0.3, -0.25) is 0 Å². The second-order valence-corrected chi connectivity index (χ2v) is 5.12. The molecule has 18 heavy (non-hydrogen) atoms. The maximum atomic E-state index is 6.17. The molecule has 2 aromatic rings. The first-order chi connectivity index (χ1) is 8.68. The first kappa shape index (κ1) is 13.2. The first-order valence-electron chi connectivity index (χ1n) is 6.03. The molecule has 0 fully saturated rings. The van der Waals surface area contributed by atoms with E-state index in [1.54, 1.807) is 4.68 Å². The highest BCUT2D eigenvalue weighted by Crippen LogP contribution is 2.22. The van der Waals surface area contributed by atoms with Crippen LogP contribution in [0.2, 0.25) is 0 Å². The van der Waals surface area contributed by atoms with Gasteiger partial charge in [-0.2, -0.15) is 0 Å². The van der Waals surface area contributed by atoms with E-state index in [1.807, 2.05) is 13.1 Å². The van der Waals surface area contributed by atoms with Gasteiger partial charge in [-0.15, -0.1) is 5.10 Å². The average Bonchev–Trinajstić information content (AvgIpc) is 2.70. The van der Waals surface area contributed by atoms with Gasteiger partial charge in [0.25, 0.3) is 0 Å². The average molecular weight is 309 g/mol. The standard InChI is InChI=1S/C13H17BrN4/c1-18-12(13(14)16-17-18)11(15)9-5-8-10-6-3-2-4-7-10/h2-4,6-7,11H,5,8-9,15H2,1H3. The van der Waals surface area contributed by atoms with Crippen molar-refractivity contribution in [2.45, 2.75) is 25.3 Å². The smallest absolute Gasteiger partial charge is 0.153 e. The van der Waals surface area contributed by atoms with Crippen molar-refractivity contribution in [1.82, 2.24) is 15.0 Å². The van der Waals surface area contributed by atoms with Crippen LogP contribution >= 0.6 is 15.9 Å². The number of aryl methyl sites for hydroxylation is 2. The molecular weight excluding hydrogens is 292 g/mol. The maximum absolute atomic E-state index is 6.17. The van der Waals surface area contributed by atoms with Crippen molar-refractivity contribution in [3.05, 3.63) is 46.2 Å². The fourth-order valence-electron chi connectivity index (χ4n) is 2.04. The van der Waals surface area contributed by atoms with E-state index >= 15 is 0 Å². The van der Waals surface area contributed by atoms with Crippen molar-refractivity contribution < 1.29 is 0 Å². The lowest BCUT2D eigenvalue weighted by molar-refractivity contribution is 0.555. The molecule has 2 rings (SSSR count). The highest BCUT2D eigenvalue weighted by atomic mass is 79.9. The number of hydrogen-bond donors (Lipinski definition) is 1. The summed E-state index contributed by atoms with van der Waals surface area (Å²) < 4.78 is 2.48. The van der Waals surface area contributed by atoms with E-state index in [1.165, 1.54) is 5.56 Å². The van der Waals surface area contributed by atoms with Crippen molar-refractivity contribution in [2.24, 2.45) is 12.8 Å². The van der Waals surface area contributed by atoms with E-state index in [2.05, 4.69) is 50.5 Å². The lowest BCUT2D eigenvalue weighted by Gasteiger charge is -2.11. The fourth-order valence-corrected chi connectivity index (χ4v) is 2.66. The van der Waals surface area contributed by atoms with Crippen LogP contribution in [0.15, 0.2) is 34.9 Å². The molecule has 0 aliphatic rings. The highest BCUT2D eigenvalue weighted by molar-refractivity contribution is 9.10. The first-order valence-corrected chi connectivity index (χ1v) is 6.82. The Morgan fingerprint density at radius 2 is 2.06 bits per heavy atom. The van der Waals surface area contributed by atoms with Crippen LogP contribution in [0, 0.1) is 0 Å². The molecule has 1 heterocycles. The lowest BCUT2D eigenvalue weighted by atomic mass is 10.0. The van der Waals surface area contributed by atoms with Crippen LogP contribution < -0.4 is 5.73 Å². The molecule has 2 N–H and O–H groups in total. The van der Waals surface area contributed by atoms with Gasteiger partial charge in [0.2, 0.25) is 0 Å². The Morgan fingerprint density at radius 1 is 1.33 bits per heavy atom. The van der Waals surface area contributed by atoms with Gasteiger partial charge in [-0.25, -0.2) is 4.68 Å². The van der Waals surface area contributed by atoms with E-state index in [9.17, 15) is 0 Å². The molecule has 96 valence electrons. The zero-order valence-corrected chi connectivity index (χ0v) is 12.0. The number of nitrogens with zero attached hydrogens (tertiary/aromatic N) is 3. The van der Waals surface area contributed by atoms with E-state index in [-0.39, 0.29) is 6.04 Å². The Morgan fingerprint density at radius 3 is 2.67 bits per heavy atom. The number of aromatic nitrogens is 3. The molecule has 0 saturated carbocycles. The summed E-state index contributed by atoms with van der Waals surface area (Å²) in [5.41, 5.74) is 8.49. The molecule has 1 unspecified atom stereocenters. The summed E-state index contributed by atoms with van der Waals surface area (Å²) in [4.78, 5) is 0. The van der Waals surface area contributed by atoms with E-state index in [0.717, 1.165) is 29.6 Å². The fraction of sp³-hybridized carbons (Fsp3) is 0.385. The third-order valence-electron chi connectivity index (χ3n) is 3.00. The highest BCUT2D eigenvalue weighted by Gasteiger charge is 2.15. The molecule has 5 heteroatoms. The Hall–Kier alpha value is -1.20. The predicted molar refractivity (Wildman–Crippen MR) is 75.0 cm³/mol. The minimum absolute atomic E-state index is 0.0249. The summed E-state index contributed by atoms with van der Waals surface area (Å²) in [5.74, 6) is 0. The van der Waals surface area contributed by atoms with Crippen molar-refractivity contribution in [1.29, 1.82) is 0 Å². The molecule has 0 aliphatic heterocycles. The number of hydrogen-bond acceptors (Lipinski definition) is 3. The largest absolute Gasteiger partial charge is 0.323 e. The summed E-state index contributed by atoms with van der Waals surface area (Å²) in [6.45, 7) is 0. The van der Waals surface area contributed by atoms with Crippen molar-refractivity contribution in [3.63, 3.8) is 0 Å². The summed E-state index contributed by atoms with van der Waals surface area (Å²) in [6.07, 6.45) is 3.04. The third-order valence-corrected chi connectivity index (χ3v) is 3.57. The van der Waals surface area contributed by atoms with Gasteiger partial charge in [0.1, 0.15) is 0 Å². The molecule has 4 nitrogen and oxygen atoms in total. The van der Waals surface area contributed by atoms with Crippen LogP contribution in [0.1, 0.15) is 30.1 Å². The van der Waals surface area contributed by atoms with Gasteiger partial charge in [-0.05, 0) is 40.8 Å². The molecule has 0 aliphatic carbocycles. The minimum Gasteiger partial charge on any atom is -0.323 e. The van der Waals surface area contributed by atoms with Crippen LogP contribution in [0.3, 0.4) is 0 Å². The molecule has 1 aromatic heterocycles. The molecule has 1 aromatic carbocycles. The molecule has 0 spiro atoms. The third kappa shape index (κ3) is 3.17. The second kappa shape index (κ2) is 6.11. The molecule has 0 saturated heterocycles. The zero-order chi connectivity index (χ0) is 13.0. The number of halogens is 1. The normalized spacial score (nSPS) is 12.6. The number of benzene rings is 1. The monoisotopic (exact) mass is 308 g/mol. The summed E-state index contributed by atoms with van der Waals surface area (Å²) in [6, 6.07) is 10.4. The van der Waals surface area contributed by atoms with E-state index < -0.39 is 0 Å². The zero-order valence-electron chi connectivity index (χ0n) is 10.4. The van der Waals surface area contributed by atoms with Crippen molar-refractivity contribution in [2.75, 3.05) is 0 Å². The van der Waals surface area contributed by atoms with Gasteiger partial charge in [-0.1, -0.05) is 35.5 Å². The predicted octanol–water partition coefficient (Wildman–Crippen LogP) is 2.60. The van der Waals surface area contributed by atoms with Gasteiger partial charge in [0, 0.05) is 13.1 Å². The Labute approximate surface area is 115 Å². The van der Waals surface area contributed by atoms with Gasteiger partial charge in [0.15, 0.2) is 4.60 Å². The van der Waals surface area contributed by atoms with Crippen LogP contribution in [-0.2, 0) is 13.5 Å². The van der Waals surface area contributed by atoms with Crippen LogP contribution in [0.4, 0.5) is 0 Å². The molecule has 0 bridgehead atoms. The second-order valence-electron chi connectivity index (χ2n) is 4.37. The van der Waals surface area contributed by atoms with E-state index in [4.69, 9.17) is 5.73 Å². The molecule has 1 atom stereocenters. The topological polar surface area (TPSA) is 56.7 Å². The molecular formula is C13H17BrN4. The van der Waals surface area contributed by atoms with Crippen LogP contribution in [-0.4, -0.2) is 15.0 Å². The lowest BCUT2D eigenvalue weighted by Crippen LogP contribution is -2.15. The number of nitrogens with two attached hydrogens (primary N) is 1. The van der Waals surface area contributed by atoms with Crippen molar-refractivity contribution in [3.8, 4) is 0 Å². The van der Waals surface area contributed by atoms with Crippen molar-refractivity contribution >= 4 is 15.9 Å². The van der Waals surface area contributed by atoms with Gasteiger partial charge < -0.3 is 5.73 Å². The molecule has 0 radical (unpaired) electrons. The minimum atomic E-state index is -0.0249. The summed E-state index contributed by atoms with van der Waals surface area (Å²) >= 11 is 3.38. The van der Waals surface area contributed by atoms with E-state index in [0.29, 0.717) is 0 Å². The summed E-state index contributed by atoms with van der Waals surface area (Å²) in [5, 5.41) is 7.90. The summed E-state index contributed by atoms with van der Waals surface area (Å²) in [7, 11) is 1.87. The SMILES string of the molecule is Cn1nnc(Br)c1C(N)CCCc1ccccc1. The Bertz CT molecular complexity index is 475. The maximum Gasteiger partial charge on any atom is 0.153 e. The quantitative estimate of drug-likeness (QED) is 0.923. The van der Waals surface area contributed by atoms with Crippen LogP contribution in [0.25, 0.3) is 0 Å². The number of rotatable bonds is 5. The van der Waals surface area contributed by atoms with Crippen LogP contribution in [0.5, 0.6) is 0 Å². The van der Waals surface area contributed by atoms with Gasteiger partial charge >= 0.3 is 0 Å². The Kier molecular flexibility index (Phi) is 4.49. The van der Waals surface area contributed by atoms with Gasteiger partial charge in [0.05, 0.1) is 5.69 Å². The Balaban J connectivity index is 1.88. The molecule has 0 amide bonds.